The molecule has 2 aromatic rings. The molecular weight excluding hydrogens is 234 g/mol. The highest BCUT2D eigenvalue weighted by atomic mass is 15.1. The van der Waals surface area contributed by atoms with Gasteiger partial charge in [-0.05, 0) is 29.3 Å². The molecular formula is C16H19N3. The molecule has 0 aliphatic carbocycles. The molecule has 1 atom stereocenters. The van der Waals surface area contributed by atoms with Crippen LogP contribution in [0.5, 0.6) is 0 Å². The van der Waals surface area contributed by atoms with E-state index in [1.165, 1.54) is 22.5 Å². The largest absolute Gasteiger partial charge is 0.378 e. The molecule has 98 valence electrons. The average molecular weight is 253 g/mol. The summed E-state index contributed by atoms with van der Waals surface area (Å²) in [5, 5.41) is 7.05. The highest BCUT2D eigenvalue weighted by Crippen LogP contribution is 2.26. The van der Waals surface area contributed by atoms with E-state index in [9.17, 15) is 0 Å². The lowest BCUT2D eigenvalue weighted by atomic mass is 10.1. The van der Waals surface area contributed by atoms with Crippen molar-refractivity contribution in [1.82, 2.24) is 5.32 Å². The zero-order chi connectivity index (χ0) is 13.2. The van der Waals surface area contributed by atoms with Crippen LogP contribution in [0.3, 0.4) is 0 Å². The number of rotatable bonds is 2. The Morgan fingerprint density at radius 1 is 1.00 bits per heavy atom. The predicted molar refractivity (Wildman–Crippen MR) is 80.4 cm³/mol. The normalized spacial score (nSPS) is 17.5. The van der Waals surface area contributed by atoms with Gasteiger partial charge in [0.05, 0.1) is 0 Å². The van der Waals surface area contributed by atoms with Crippen molar-refractivity contribution >= 4 is 11.4 Å². The second-order valence-electron chi connectivity index (χ2n) is 5.10. The molecule has 1 aliphatic heterocycles. The summed E-state index contributed by atoms with van der Waals surface area (Å²) < 4.78 is 0. The molecule has 3 rings (SSSR count). The van der Waals surface area contributed by atoms with Crippen LogP contribution in [0.25, 0.3) is 0 Å². The molecule has 19 heavy (non-hydrogen) atoms. The van der Waals surface area contributed by atoms with Gasteiger partial charge in [0.1, 0.15) is 6.17 Å². The second-order valence-corrected chi connectivity index (χ2v) is 5.10. The summed E-state index contributed by atoms with van der Waals surface area (Å²) in [4.78, 5) is 2.11. The van der Waals surface area contributed by atoms with Crippen molar-refractivity contribution in [3.8, 4) is 0 Å². The van der Waals surface area contributed by atoms with Crippen molar-refractivity contribution in [2.45, 2.75) is 12.7 Å². The molecule has 0 amide bonds. The van der Waals surface area contributed by atoms with Crippen LogP contribution in [-0.4, -0.2) is 14.1 Å². The van der Waals surface area contributed by atoms with E-state index in [1.807, 2.05) is 0 Å². The van der Waals surface area contributed by atoms with Crippen LogP contribution in [0.1, 0.15) is 17.3 Å². The summed E-state index contributed by atoms with van der Waals surface area (Å²) in [6.45, 7) is 0.906. The van der Waals surface area contributed by atoms with Crippen molar-refractivity contribution in [3.05, 3.63) is 59.7 Å². The van der Waals surface area contributed by atoms with Gasteiger partial charge < -0.3 is 10.2 Å². The maximum Gasteiger partial charge on any atom is 0.103 e. The van der Waals surface area contributed by atoms with E-state index in [0.29, 0.717) is 0 Å². The lowest BCUT2D eigenvalue weighted by molar-refractivity contribution is 0.566. The monoisotopic (exact) mass is 253 g/mol. The second kappa shape index (κ2) is 4.94. The average Bonchev–Trinajstić information content (AvgIpc) is 2.47. The van der Waals surface area contributed by atoms with E-state index in [1.54, 1.807) is 0 Å². The Hall–Kier alpha value is -2.00. The zero-order valence-corrected chi connectivity index (χ0v) is 11.4. The Labute approximate surface area is 114 Å². The fraction of sp³-hybridized carbons (Fsp3) is 0.250. The molecule has 3 heteroatoms. The van der Waals surface area contributed by atoms with E-state index in [2.05, 4.69) is 78.2 Å². The van der Waals surface area contributed by atoms with E-state index in [-0.39, 0.29) is 6.17 Å². The third kappa shape index (κ3) is 2.42. The van der Waals surface area contributed by atoms with Crippen LogP contribution in [0.15, 0.2) is 48.5 Å². The molecule has 2 aromatic carbocycles. The Morgan fingerprint density at radius 3 is 2.47 bits per heavy atom. The third-order valence-corrected chi connectivity index (χ3v) is 3.56. The maximum absolute atomic E-state index is 3.54. The fourth-order valence-electron chi connectivity index (χ4n) is 2.40. The topological polar surface area (TPSA) is 27.3 Å². The third-order valence-electron chi connectivity index (χ3n) is 3.56. The lowest BCUT2D eigenvalue weighted by Gasteiger charge is -2.29. The van der Waals surface area contributed by atoms with Gasteiger partial charge in [-0.25, -0.2) is 0 Å². The molecule has 1 heterocycles. The Kier molecular flexibility index (Phi) is 3.13. The number of hydrogen-bond acceptors (Lipinski definition) is 3. The Balaban J connectivity index is 1.81. The minimum atomic E-state index is 0.186. The first-order valence-corrected chi connectivity index (χ1v) is 6.59. The molecule has 0 aromatic heterocycles. The van der Waals surface area contributed by atoms with Crippen LogP contribution < -0.4 is 15.5 Å². The van der Waals surface area contributed by atoms with Crippen LogP contribution >= 0.6 is 0 Å². The van der Waals surface area contributed by atoms with Crippen LogP contribution in [-0.2, 0) is 6.54 Å². The summed E-state index contributed by atoms with van der Waals surface area (Å²) in [5.41, 5.74) is 5.03. The van der Waals surface area contributed by atoms with Gasteiger partial charge in [-0.3, -0.25) is 5.32 Å². The van der Waals surface area contributed by atoms with Gasteiger partial charge in [-0.2, -0.15) is 0 Å². The molecule has 0 fully saturated rings. The summed E-state index contributed by atoms with van der Waals surface area (Å²) in [6.07, 6.45) is 0.186. The van der Waals surface area contributed by atoms with E-state index < -0.39 is 0 Å². The summed E-state index contributed by atoms with van der Waals surface area (Å²) >= 11 is 0. The molecule has 2 N–H and O–H groups in total. The minimum Gasteiger partial charge on any atom is -0.378 e. The van der Waals surface area contributed by atoms with Crippen LogP contribution in [0.2, 0.25) is 0 Å². The molecule has 0 saturated heterocycles. The lowest BCUT2D eigenvalue weighted by Crippen LogP contribution is -2.32. The summed E-state index contributed by atoms with van der Waals surface area (Å²) in [7, 11) is 4.12. The van der Waals surface area contributed by atoms with Crippen molar-refractivity contribution in [1.29, 1.82) is 0 Å². The minimum absolute atomic E-state index is 0.186. The quantitative estimate of drug-likeness (QED) is 0.861. The summed E-state index contributed by atoms with van der Waals surface area (Å²) in [6, 6.07) is 17.1. The molecule has 0 unspecified atom stereocenters. The first kappa shape index (κ1) is 12.1. The first-order chi connectivity index (χ1) is 9.24. The van der Waals surface area contributed by atoms with Crippen molar-refractivity contribution < 1.29 is 0 Å². The van der Waals surface area contributed by atoms with Gasteiger partial charge in [-0.15, -0.1) is 0 Å². The van der Waals surface area contributed by atoms with E-state index in [0.717, 1.165) is 6.54 Å². The van der Waals surface area contributed by atoms with Crippen LogP contribution in [0.4, 0.5) is 11.4 Å². The van der Waals surface area contributed by atoms with Gasteiger partial charge in [0, 0.05) is 32.0 Å². The number of nitrogens with one attached hydrogen (secondary N) is 2. The van der Waals surface area contributed by atoms with Gasteiger partial charge in [-0.1, -0.05) is 30.3 Å². The van der Waals surface area contributed by atoms with Gasteiger partial charge >= 0.3 is 0 Å². The highest BCUT2D eigenvalue weighted by Gasteiger charge is 2.17. The van der Waals surface area contributed by atoms with E-state index in [4.69, 9.17) is 0 Å². The number of fused-ring (bicyclic) bond motifs is 1. The summed E-state index contributed by atoms with van der Waals surface area (Å²) in [5.74, 6) is 0. The van der Waals surface area contributed by atoms with Gasteiger partial charge in [0.2, 0.25) is 0 Å². The Bertz CT molecular complexity index is 560. The number of anilines is 2. The molecule has 0 radical (unpaired) electrons. The molecule has 0 saturated carbocycles. The number of benzene rings is 2. The van der Waals surface area contributed by atoms with Crippen molar-refractivity contribution in [3.63, 3.8) is 0 Å². The first-order valence-electron chi connectivity index (χ1n) is 6.59. The van der Waals surface area contributed by atoms with Crippen molar-refractivity contribution in [2.24, 2.45) is 0 Å². The molecule has 3 nitrogen and oxygen atoms in total. The zero-order valence-electron chi connectivity index (χ0n) is 11.4. The predicted octanol–water partition coefficient (Wildman–Crippen LogP) is 2.97. The standard InChI is InChI=1S/C16H19N3/c1-19(2)14-9-7-12(8-10-14)16-17-11-13-5-3-4-6-15(13)18-16/h3-10,16-18H,11H2,1-2H3/t16-/m1/s1. The molecule has 0 bridgehead atoms. The van der Waals surface area contributed by atoms with Crippen LogP contribution in [0, 0.1) is 0 Å². The maximum atomic E-state index is 3.54. The SMILES string of the molecule is CN(C)c1ccc([C@@H]2NCc3ccccc3N2)cc1. The van der Waals surface area contributed by atoms with Gasteiger partial charge in [0.25, 0.3) is 0 Å². The Morgan fingerprint density at radius 2 is 1.74 bits per heavy atom. The number of para-hydroxylation sites is 1. The van der Waals surface area contributed by atoms with E-state index >= 15 is 0 Å². The highest BCUT2D eigenvalue weighted by molar-refractivity contribution is 5.55. The molecule has 0 spiro atoms. The number of hydrogen-bond donors (Lipinski definition) is 2. The molecule has 1 aliphatic rings. The number of nitrogens with zero attached hydrogens (tertiary/aromatic N) is 1. The smallest absolute Gasteiger partial charge is 0.103 e. The van der Waals surface area contributed by atoms with Crippen molar-refractivity contribution in [2.75, 3.05) is 24.3 Å². The van der Waals surface area contributed by atoms with Gasteiger partial charge in [0.15, 0.2) is 0 Å². The fourth-order valence-corrected chi connectivity index (χ4v) is 2.40.